The van der Waals surface area contributed by atoms with E-state index in [0.717, 1.165) is 6.07 Å². The molecule has 1 aromatic carbocycles. The number of methoxy groups -OCH3 is 2. The predicted octanol–water partition coefficient (Wildman–Crippen LogP) is 2.69. The topological polar surface area (TPSA) is 84.4 Å². The van der Waals surface area contributed by atoms with Crippen molar-refractivity contribution in [1.29, 1.82) is 0 Å². The lowest BCUT2D eigenvalue weighted by Gasteiger charge is -2.13. The van der Waals surface area contributed by atoms with Gasteiger partial charge in [-0.25, -0.2) is 9.18 Å². The van der Waals surface area contributed by atoms with Crippen LogP contribution in [0.1, 0.15) is 10.5 Å². The molecule has 0 bridgehead atoms. The molecule has 0 radical (unpaired) electrons. The molecule has 2 rings (SSSR count). The fourth-order valence-corrected chi connectivity index (χ4v) is 2.23. The summed E-state index contributed by atoms with van der Waals surface area (Å²) in [6.45, 7) is 0. The Kier molecular flexibility index (Phi) is 3.93. The van der Waals surface area contributed by atoms with E-state index < -0.39 is 11.8 Å². The zero-order chi connectivity index (χ0) is 14.9. The molecule has 0 aliphatic carbocycles. The number of carboxylic acid groups (broad SMARTS) is 1. The highest BCUT2D eigenvalue weighted by Gasteiger charge is 2.22. The van der Waals surface area contributed by atoms with Gasteiger partial charge in [-0.2, -0.15) is 5.10 Å². The van der Waals surface area contributed by atoms with E-state index in [-0.39, 0.29) is 32.9 Å². The number of benzene rings is 1. The second-order valence-corrected chi connectivity index (χ2v) is 4.55. The van der Waals surface area contributed by atoms with Crippen LogP contribution in [0.2, 0.25) is 0 Å². The van der Waals surface area contributed by atoms with Gasteiger partial charge in [0.15, 0.2) is 11.5 Å². The number of aromatic carboxylic acids is 1. The molecule has 6 nitrogen and oxygen atoms in total. The van der Waals surface area contributed by atoms with Gasteiger partial charge in [0.1, 0.15) is 11.5 Å². The van der Waals surface area contributed by atoms with Gasteiger partial charge in [0.25, 0.3) is 0 Å². The molecule has 1 heterocycles. The maximum atomic E-state index is 13.9. The summed E-state index contributed by atoms with van der Waals surface area (Å²) in [6.07, 6.45) is 0. The zero-order valence-corrected chi connectivity index (χ0v) is 12.1. The highest BCUT2D eigenvalue weighted by molar-refractivity contribution is 9.10. The summed E-state index contributed by atoms with van der Waals surface area (Å²) in [6, 6.07) is 2.45. The smallest absolute Gasteiger partial charge is 0.353 e. The number of carbonyl (C=O) groups is 1. The predicted molar refractivity (Wildman–Crippen MR) is 71.7 cm³/mol. The Balaban J connectivity index is 2.70. The minimum atomic E-state index is -1.16. The number of aromatic nitrogens is 2. The lowest BCUT2D eigenvalue weighted by Crippen LogP contribution is -1.97. The second-order valence-electron chi connectivity index (χ2n) is 3.75. The van der Waals surface area contributed by atoms with Gasteiger partial charge in [-0.3, -0.25) is 5.10 Å². The van der Waals surface area contributed by atoms with Crippen molar-refractivity contribution >= 4 is 21.9 Å². The van der Waals surface area contributed by atoms with Crippen LogP contribution >= 0.6 is 15.9 Å². The maximum Gasteiger partial charge on any atom is 0.353 e. The molecule has 2 N–H and O–H groups in total. The van der Waals surface area contributed by atoms with Crippen molar-refractivity contribution in [2.24, 2.45) is 0 Å². The zero-order valence-electron chi connectivity index (χ0n) is 10.5. The average Bonchev–Trinajstić information content (AvgIpc) is 2.90. The number of halogens is 2. The van der Waals surface area contributed by atoms with Crippen molar-refractivity contribution in [3.63, 3.8) is 0 Å². The first-order chi connectivity index (χ1) is 9.49. The minimum Gasteiger partial charge on any atom is -0.493 e. The molecule has 0 aliphatic rings. The standard InChI is InChI=1S/C12H10BrFN2O4/c1-19-8-3-5(14)10(13)9(11(8)20-2)6-4-7(12(17)18)16-15-6/h3-4H,1-2H3,(H,15,16)(H,17,18). The Morgan fingerprint density at radius 1 is 1.40 bits per heavy atom. The molecule has 0 fully saturated rings. The Labute approximate surface area is 121 Å². The van der Waals surface area contributed by atoms with Crippen molar-refractivity contribution in [2.45, 2.75) is 0 Å². The van der Waals surface area contributed by atoms with Crippen LogP contribution in [0, 0.1) is 5.82 Å². The van der Waals surface area contributed by atoms with Gasteiger partial charge in [0, 0.05) is 6.07 Å². The van der Waals surface area contributed by atoms with Crippen LogP contribution in [-0.4, -0.2) is 35.5 Å². The summed E-state index contributed by atoms with van der Waals surface area (Å²) in [4.78, 5) is 10.9. The van der Waals surface area contributed by atoms with Crippen molar-refractivity contribution in [1.82, 2.24) is 10.2 Å². The molecule has 2 aromatic rings. The molecule has 8 heteroatoms. The SMILES string of the molecule is COc1cc(F)c(Br)c(-c2cc(C(=O)O)[nH]n2)c1OC. The molecule has 0 aliphatic heterocycles. The van der Waals surface area contributed by atoms with Crippen LogP contribution in [0.3, 0.4) is 0 Å². The van der Waals surface area contributed by atoms with Crippen LogP contribution in [0.5, 0.6) is 11.5 Å². The monoisotopic (exact) mass is 344 g/mol. The van der Waals surface area contributed by atoms with Gasteiger partial charge in [0.05, 0.1) is 29.9 Å². The van der Waals surface area contributed by atoms with Crippen LogP contribution < -0.4 is 9.47 Å². The van der Waals surface area contributed by atoms with Crippen LogP contribution in [-0.2, 0) is 0 Å². The Hall–Kier alpha value is -2.09. The van der Waals surface area contributed by atoms with E-state index >= 15 is 0 Å². The quantitative estimate of drug-likeness (QED) is 0.890. The van der Waals surface area contributed by atoms with Gasteiger partial charge in [0.2, 0.25) is 0 Å². The summed E-state index contributed by atoms with van der Waals surface area (Å²) in [5, 5.41) is 15.1. The fourth-order valence-electron chi connectivity index (χ4n) is 1.73. The molecule has 0 saturated heterocycles. The third-order valence-electron chi connectivity index (χ3n) is 2.63. The van der Waals surface area contributed by atoms with Gasteiger partial charge in [-0.05, 0) is 22.0 Å². The summed E-state index contributed by atoms with van der Waals surface area (Å²) in [5.74, 6) is -1.30. The number of rotatable bonds is 4. The lowest BCUT2D eigenvalue weighted by atomic mass is 10.1. The number of carboxylic acids is 1. The number of hydrogen-bond donors (Lipinski definition) is 2. The highest BCUT2D eigenvalue weighted by atomic mass is 79.9. The first kappa shape index (κ1) is 14.3. The van der Waals surface area contributed by atoms with Crippen molar-refractivity contribution in [3.8, 4) is 22.8 Å². The largest absolute Gasteiger partial charge is 0.493 e. The molecule has 1 aromatic heterocycles. The maximum absolute atomic E-state index is 13.9. The number of aromatic amines is 1. The molecule has 0 atom stereocenters. The average molecular weight is 345 g/mol. The molecule has 0 amide bonds. The third kappa shape index (κ3) is 2.34. The highest BCUT2D eigenvalue weighted by Crippen LogP contribution is 2.43. The molecular formula is C12H10BrFN2O4. The summed E-state index contributed by atoms with van der Waals surface area (Å²) < 4.78 is 24.2. The van der Waals surface area contributed by atoms with Crippen molar-refractivity contribution < 1.29 is 23.8 Å². The first-order valence-corrected chi connectivity index (χ1v) is 6.18. The Morgan fingerprint density at radius 3 is 2.60 bits per heavy atom. The number of H-pyrrole nitrogens is 1. The number of nitrogens with zero attached hydrogens (tertiary/aromatic N) is 1. The van der Waals surface area contributed by atoms with Crippen molar-refractivity contribution in [3.05, 3.63) is 28.1 Å². The van der Waals surface area contributed by atoms with Crippen LogP contribution in [0.15, 0.2) is 16.6 Å². The van der Waals surface area contributed by atoms with E-state index in [1.54, 1.807) is 0 Å². The van der Waals surface area contributed by atoms with E-state index in [1.807, 2.05) is 0 Å². The van der Waals surface area contributed by atoms with Gasteiger partial charge in [-0.1, -0.05) is 0 Å². The molecule has 0 saturated carbocycles. The summed E-state index contributed by atoms with van der Waals surface area (Å²) >= 11 is 3.11. The van der Waals surface area contributed by atoms with Crippen LogP contribution in [0.4, 0.5) is 4.39 Å². The Morgan fingerprint density at radius 2 is 2.10 bits per heavy atom. The fraction of sp³-hybridized carbons (Fsp3) is 0.167. The molecule has 106 valence electrons. The van der Waals surface area contributed by atoms with E-state index in [9.17, 15) is 9.18 Å². The third-order valence-corrected chi connectivity index (χ3v) is 3.40. The molecule has 0 unspecified atom stereocenters. The van der Waals surface area contributed by atoms with E-state index in [0.29, 0.717) is 0 Å². The minimum absolute atomic E-state index is 0.110. The first-order valence-electron chi connectivity index (χ1n) is 5.38. The molecular weight excluding hydrogens is 335 g/mol. The number of ether oxygens (including phenoxy) is 2. The van der Waals surface area contributed by atoms with Crippen molar-refractivity contribution in [2.75, 3.05) is 14.2 Å². The summed E-state index contributed by atoms with van der Waals surface area (Å²) in [5.41, 5.74) is 0.384. The van der Waals surface area contributed by atoms with E-state index in [4.69, 9.17) is 14.6 Å². The van der Waals surface area contributed by atoms with Gasteiger partial charge >= 0.3 is 5.97 Å². The van der Waals surface area contributed by atoms with E-state index in [2.05, 4.69) is 26.1 Å². The second kappa shape index (κ2) is 5.49. The molecule has 0 spiro atoms. The van der Waals surface area contributed by atoms with Gasteiger partial charge < -0.3 is 14.6 Å². The van der Waals surface area contributed by atoms with Gasteiger partial charge in [-0.15, -0.1) is 0 Å². The normalized spacial score (nSPS) is 10.4. The van der Waals surface area contributed by atoms with Crippen LogP contribution in [0.25, 0.3) is 11.3 Å². The summed E-state index contributed by atoms with van der Waals surface area (Å²) in [7, 11) is 2.78. The van der Waals surface area contributed by atoms with E-state index in [1.165, 1.54) is 20.3 Å². The number of nitrogens with one attached hydrogen (secondary N) is 1. The lowest BCUT2D eigenvalue weighted by molar-refractivity contribution is 0.0690. The number of hydrogen-bond acceptors (Lipinski definition) is 4. The Bertz CT molecular complexity index is 672. The molecule has 20 heavy (non-hydrogen) atoms.